The van der Waals surface area contributed by atoms with Gasteiger partial charge in [0, 0.05) is 6.42 Å². The summed E-state index contributed by atoms with van der Waals surface area (Å²) in [4.78, 5) is 12.7. The van der Waals surface area contributed by atoms with Gasteiger partial charge in [-0.15, -0.1) is 0 Å². The summed E-state index contributed by atoms with van der Waals surface area (Å²) >= 11 is 0. The number of carbonyl (C=O) groups is 1. The van der Waals surface area contributed by atoms with E-state index in [0.717, 1.165) is 16.9 Å². The number of hydrogen-bond donors (Lipinski definition) is 1. The Hall–Kier alpha value is -3.54. The normalized spacial score (nSPS) is 13.3. The molecule has 1 atom stereocenters. The van der Waals surface area contributed by atoms with Gasteiger partial charge in [0.1, 0.15) is 19.8 Å². The highest BCUT2D eigenvalue weighted by atomic mass is 19.1. The van der Waals surface area contributed by atoms with Crippen molar-refractivity contribution in [2.45, 2.75) is 18.9 Å². The Morgan fingerprint density at radius 3 is 2.52 bits per heavy atom. The Morgan fingerprint density at radius 1 is 0.968 bits per heavy atom. The highest BCUT2D eigenvalue weighted by Crippen LogP contribution is 2.31. The van der Waals surface area contributed by atoms with Gasteiger partial charge < -0.3 is 19.5 Å². The van der Waals surface area contributed by atoms with Crippen molar-refractivity contribution in [3.8, 4) is 17.2 Å². The Morgan fingerprint density at radius 2 is 1.71 bits per heavy atom. The molecule has 1 unspecified atom stereocenters. The minimum Gasteiger partial charge on any atom is -0.488 e. The van der Waals surface area contributed by atoms with Crippen LogP contribution in [0.1, 0.15) is 23.6 Å². The summed E-state index contributed by atoms with van der Waals surface area (Å²) in [6, 6.07) is 21.1. The molecule has 1 aliphatic heterocycles. The molecule has 5 nitrogen and oxygen atoms in total. The lowest BCUT2D eigenvalue weighted by atomic mass is 10.1. The number of hydrogen-bond acceptors (Lipinski definition) is 4. The Balaban J connectivity index is 1.38. The first-order chi connectivity index (χ1) is 15.2. The quantitative estimate of drug-likeness (QED) is 0.583. The van der Waals surface area contributed by atoms with Crippen LogP contribution in [0, 0.1) is 5.82 Å². The molecule has 1 N–H and O–H groups in total. The molecule has 3 aromatic carbocycles. The third-order valence-electron chi connectivity index (χ3n) is 5.03. The number of nitrogens with one attached hydrogen (secondary N) is 1. The van der Waals surface area contributed by atoms with Gasteiger partial charge in [-0.25, -0.2) is 4.39 Å². The van der Waals surface area contributed by atoms with Crippen LogP contribution in [0.4, 0.5) is 4.39 Å². The lowest BCUT2D eigenvalue weighted by Crippen LogP contribution is -2.32. The van der Waals surface area contributed by atoms with E-state index in [2.05, 4.69) is 5.32 Å². The fourth-order valence-corrected chi connectivity index (χ4v) is 3.41. The number of fused-ring (bicyclic) bond motifs is 1. The lowest BCUT2D eigenvalue weighted by molar-refractivity contribution is -0.122. The first kappa shape index (κ1) is 20.7. The third-order valence-corrected chi connectivity index (χ3v) is 5.03. The molecule has 0 bridgehead atoms. The molecule has 6 heteroatoms. The predicted octanol–water partition coefficient (Wildman–Crippen LogP) is 4.47. The van der Waals surface area contributed by atoms with Gasteiger partial charge in [0.15, 0.2) is 23.1 Å². The maximum Gasteiger partial charge on any atom is 0.220 e. The smallest absolute Gasteiger partial charge is 0.220 e. The largest absolute Gasteiger partial charge is 0.488 e. The summed E-state index contributed by atoms with van der Waals surface area (Å²) in [5, 5.41) is 3.01. The van der Waals surface area contributed by atoms with E-state index in [1.54, 1.807) is 18.2 Å². The number of carbonyl (C=O) groups excluding carboxylic acids is 1. The van der Waals surface area contributed by atoms with E-state index in [1.165, 1.54) is 6.07 Å². The van der Waals surface area contributed by atoms with Crippen LogP contribution in [0.5, 0.6) is 17.2 Å². The van der Waals surface area contributed by atoms with Crippen LogP contribution in [0.3, 0.4) is 0 Å². The van der Waals surface area contributed by atoms with Crippen LogP contribution >= 0.6 is 0 Å². The molecule has 0 fully saturated rings. The summed E-state index contributed by atoms with van der Waals surface area (Å²) < 4.78 is 30.7. The standard InChI is InChI=1S/C25H24FNO4/c26-20-8-4-5-9-22(20)31-17-21(19-6-2-1-3-7-19)27-25(28)13-11-18-10-12-23-24(16-18)30-15-14-29-23/h1-10,12,16,21H,11,13-15,17H2,(H,27,28). The molecule has 0 aromatic heterocycles. The zero-order valence-corrected chi connectivity index (χ0v) is 17.1. The van der Waals surface area contributed by atoms with E-state index in [9.17, 15) is 9.18 Å². The van der Waals surface area contributed by atoms with E-state index in [0.29, 0.717) is 31.8 Å². The van der Waals surface area contributed by atoms with Crippen molar-refractivity contribution >= 4 is 5.91 Å². The van der Waals surface area contributed by atoms with Gasteiger partial charge in [0.05, 0.1) is 6.04 Å². The number of ether oxygens (including phenoxy) is 3. The summed E-state index contributed by atoms with van der Waals surface area (Å²) in [5.41, 5.74) is 1.89. The number of benzene rings is 3. The van der Waals surface area contributed by atoms with Crippen LogP contribution in [0.15, 0.2) is 72.8 Å². The van der Waals surface area contributed by atoms with Gasteiger partial charge >= 0.3 is 0 Å². The summed E-state index contributed by atoms with van der Waals surface area (Å²) in [7, 11) is 0. The molecule has 0 saturated heterocycles. The molecule has 4 rings (SSSR count). The van der Waals surface area contributed by atoms with Crippen molar-refractivity contribution < 1.29 is 23.4 Å². The van der Waals surface area contributed by atoms with E-state index >= 15 is 0 Å². The zero-order chi connectivity index (χ0) is 21.5. The van der Waals surface area contributed by atoms with E-state index in [-0.39, 0.29) is 18.3 Å². The number of aryl methyl sites for hydroxylation is 1. The number of halogens is 1. The second-order valence-corrected chi connectivity index (χ2v) is 7.25. The average Bonchev–Trinajstić information content (AvgIpc) is 2.82. The van der Waals surface area contributed by atoms with Crippen molar-refractivity contribution in [3.63, 3.8) is 0 Å². The average molecular weight is 421 g/mol. The van der Waals surface area contributed by atoms with Crippen molar-refractivity contribution in [1.82, 2.24) is 5.32 Å². The predicted molar refractivity (Wildman–Crippen MR) is 115 cm³/mol. The molecular weight excluding hydrogens is 397 g/mol. The van der Waals surface area contributed by atoms with Gasteiger partial charge in [-0.2, -0.15) is 0 Å². The fraction of sp³-hybridized carbons (Fsp3) is 0.240. The van der Waals surface area contributed by atoms with Crippen LogP contribution in [-0.2, 0) is 11.2 Å². The summed E-state index contributed by atoms with van der Waals surface area (Å²) in [6.07, 6.45) is 0.876. The molecule has 1 amide bonds. The molecular formula is C25H24FNO4. The topological polar surface area (TPSA) is 56.8 Å². The zero-order valence-electron chi connectivity index (χ0n) is 17.1. The fourth-order valence-electron chi connectivity index (χ4n) is 3.41. The molecule has 0 saturated carbocycles. The maximum atomic E-state index is 13.9. The van der Waals surface area contributed by atoms with E-state index < -0.39 is 11.9 Å². The molecule has 0 radical (unpaired) electrons. The molecule has 160 valence electrons. The minimum atomic E-state index is -0.431. The Bertz CT molecular complexity index is 1030. The van der Waals surface area contributed by atoms with Gasteiger partial charge in [-0.3, -0.25) is 4.79 Å². The molecule has 3 aromatic rings. The second kappa shape index (κ2) is 9.98. The number of rotatable bonds is 8. The lowest BCUT2D eigenvalue weighted by Gasteiger charge is -2.21. The first-order valence-electron chi connectivity index (χ1n) is 10.3. The molecule has 31 heavy (non-hydrogen) atoms. The first-order valence-corrected chi connectivity index (χ1v) is 10.3. The van der Waals surface area contributed by atoms with Gasteiger partial charge in [-0.05, 0) is 41.8 Å². The van der Waals surface area contributed by atoms with Gasteiger partial charge in [-0.1, -0.05) is 48.5 Å². The Kier molecular flexibility index (Phi) is 6.67. The van der Waals surface area contributed by atoms with Crippen molar-refractivity contribution in [2.24, 2.45) is 0 Å². The molecule has 0 spiro atoms. The minimum absolute atomic E-state index is 0.110. The van der Waals surface area contributed by atoms with Crippen LogP contribution in [0.2, 0.25) is 0 Å². The summed E-state index contributed by atoms with van der Waals surface area (Å²) in [6.45, 7) is 1.20. The van der Waals surface area contributed by atoms with E-state index in [1.807, 2.05) is 48.5 Å². The van der Waals surface area contributed by atoms with Crippen molar-refractivity contribution in [2.75, 3.05) is 19.8 Å². The second-order valence-electron chi connectivity index (χ2n) is 7.25. The SMILES string of the molecule is O=C(CCc1ccc2c(c1)OCCO2)NC(COc1ccccc1F)c1ccccc1. The molecule has 1 heterocycles. The maximum absolute atomic E-state index is 13.9. The highest BCUT2D eigenvalue weighted by molar-refractivity contribution is 5.76. The van der Waals surface area contributed by atoms with Gasteiger partial charge in [0.2, 0.25) is 5.91 Å². The van der Waals surface area contributed by atoms with Crippen molar-refractivity contribution in [3.05, 3.63) is 89.7 Å². The molecule has 1 aliphatic rings. The molecule has 0 aliphatic carbocycles. The van der Waals surface area contributed by atoms with Gasteiger partial charge in [0.25, 0.3) is 0 Å². The van der Waals surface area contributed by atoms with Crippen LogP contribution < -0.4 is 19.5 Å². The highest BCUT2D eigenvalue weighted by Gasteiger charge is 2.17. The number of amides is 1. The number of para-hydroxylation sites is 1. The third kappa shape index (κ3) is 5.54. The Labute approximate surface area is 180 Å². The summed E-state index contributed by atoms with van der Waals surface area (Å²) in [5.74, 6) is 1.06. The van der Waals surface area contributed by atoms with Crippen LogP contribution in [0.25, 0.3) is 0 Å². The van der Waals surface area contributed by atoms with Crippen LogP contribution in [-0.4, -0.2) is 25.7 Å². The monoisotopic (exact) mass is 421 g/mol. The van der Waals surface area contributed by atoms with E-state index in [4.69, 9.17) is 14.2 Å². The van der Waals surface area contributed by atoms with Crippen molar-refractivity contribution in [1.29, 1.82) is 0 Å².